The number of pyridine rings is 1. The van der Waals surface area contributed by atoms with Crippen LogP contribution in [0.2, 0.25) is 0 Å². The van der Waals surface area contributed by atoms with E-state index in [1.165, 1.54) is 0 Å². The van der Waals surface area contributed by atoms with Crippen molar-refractivity contribution in [3.8, 4) is 5.75 Å². The lowest BCUT2D eigenvalue weighted by atomic mass is 10.1. The maximum absolute atomic E-state index is 11.5. The molecule has 0 saturated heterocycles. The molecule has 1 aromatic heterocycles. The van der Waals surface area contributed by atoms with E-state index in [0.29, 0.717) is 11.4 Å². The molecule has 4 heteroatoms. The highest BCUT2D eigenvalue weighted by atomic mass is 16.5. The van der Waals surface area contributed by atoms with E-state index in [-0.39, 0.29) is 18.3 Å². The number of carbonyl (C=O) groups is 1. The molecule has 0 amide bonds. The van der Waals surface area contributed by atoms with Crippen LogP contribution in [0.5, 0.6) is 5.75 Å². The second-order valence-electron chi connectivity index (χ2n) is 3.44. The van der Waals surface area contributed by atoms with Gasteiger partial charge in [-0.2, -0.15) is 0 Å². The van der Waals surface area contributed by atoms with E-state index in [1.54, 1.807) is 19.2 Å². The number of hydrogen-bond donors (Lipinski definition) is 1. The second kappa shape index (κ2) is 3.38. The van der Waals surface area contributed by atoms with E-state index in [1.807, 2.05) is 6.07 Å². The van der Waals surface area contributed by atoms with Crippen molar-refractivity contribution in [1.29, 1.82) is 0 Å². The Hall–Kier alpha value is -1.42. The van der Waals surface area contributed by atoms with Crippen molar-refractivity contribution in [2.45, 2.75) is 25.5 Å². The van der Waals surface area contributed by atoms with Gasteiger partial charge in [0.05, 0.1) is 12.1 Å². The molecule has 1 aromatic rings. The summed E-state index contributed by atoms with van der Waals surface area (Å²) in [5, 5.41) is 0. The van der Waals surface area contributed by atoms with Crippen LogP contribution < -0.4 is 10.5 Å². The van der Waals surface area contributed by atoms with Crippen molar-refractivity contribution in [1.82, 2.24) is 4.98 Å². The Morgan fingerprint density at radius 3 is 3.21 bits per heavy atom. The number of ether oxygens (including phenoxy) is 1. The van der Waals surface area contributed by atoms with E-state index in [4.69, 9.17) is 10.5 Å². The van der Waals surface area contributed by atoms with Gasteiger partial charge in [0.25, 0.3) is 0 Å². The first kappa shape index (κ1) is 9.15. The molecule has 2 heterocycles. The van der Waals surface area contributed by atoms with Crippen molar-refractivity contribution in [3.63, 3.8) is 0 Å². The fourth-order valence-electron chi connectivity index (χ4n) is 1.48. The van der Waals surface area contributed by atoms with Gasteiger partial charge in [0.15, 0.2) is 5.78 Å². The second-order valence-corrected chi connectivity index (χ2v) is 3.44. The lowest BCUT2D eigenvalue weighted by Crippen LogP contribution is -2.42. The largest absolute Gasteiger partial charge is 0.487 e. The predicted octanol–water partition coefficient (Wildman–Crippen LogP) is 0.301. The Morgan fingerprint density at radius 1 is 1.64 bits per heavy atom. The van der Waals surface area contributed by atoms with Crippen molar-refractivity contribution in [3.05, 3.63) is 24.0 Å². The summed E-state index contributed by atoms with van der Waals surface area (Å²) in [7, 11) is 0. The summed E-state index contributed by atoms with van der Waals surface area (Å²) < 4.78 is 5.53. The topological polar surface area (TPSA) is 65.2 Å². The third-order valence-electron chi connectivity index (χ3n) is 2.38. The molecule has 0 radical (unpaired) electrons. The van der Waals surface area contributed by atoms with Gasteiger partial charge in [0.2, 0.25) is 0 Å². The smallest absolute Gasteiger partial charge is 0.159 e. The third kappa shape index (κ3) is 1.48. The van der Waals surface area contributed by atoms with Crippen LogP contribution in [0.25, 0.3) is 0 Å². The van der Waals surface area contributed by atoms with Crippen molar-refractivity contribution in [2.24, 2.45) is 5.73 Å². The van der Waals surface area contributed by atoms with Crippen LogP contribution in [-0.2, 0) is 11.2 Å². The summed E-state index contributed by atoms with van der Waals surface area (Å²) in [6.45, 7) is 1.80. The number of hydrogen-bond acceptors (Lipinski definition) is 4. The molecule has 0 unspecified atom stereocenters. The van der Waals surface area contributed by atoms with Gasteiger partial charge < -0.3 is 10.5 Å². The minimum Gasteiger partial charge on any atom is -0.487 e. The van der Waals surface area contributed by atoms with Gasteiger partial charge in [-0.1, -0.05) is 0 Å². The summed E-state index contributed by atoms with van der Waals surface area (Å²) >= 11 is 0. The Bertz CT molecular complexity index is 365. The molecule has 2 N–H and O–H groups in total. The van der Waals surface area contributed by atoms with Gasteiger partial charge in [-0.3, -0.25) is 9.78 Å². The first-order chi connectivity index (χ1) is 6.68. The number of carbonyl (C=O) groups excluding carboxylic acids is 1. The van der Waals surface area contributed by atoms with Crippen LogP contribution >= 0.6 is 0 Å². The standard InChI is InChI=1S/C10H12N2O2/c1-6-10(11)8(13)5-7-9(14-6)3-2-4-12-7/h2-4,6,10H,5,11H2,1H3/t6-,10+/m1/s1. The number of Topliss-reactive ketones (excluding diaryl/α,β-unsaturated/α-hetero) is 1. The zero-order valence-electron chi connectivity index (χ0n) is 7.93. The summed E-state index contributed by atoms with van der Waals surface area (Å²) in [5.41, 5.74) is 6.38. The summed E-state index contributed by atoms with van der Waals surface area (Å²) in [6.07, 6.45) is 1.63. The van der Waals surface area contributed by atoms with Gasteiger partial charge in [-0.25, -0.2) is 0 Å². The fourth-order valence-corrected chi connectivity index (χ4v) is 1.48. The zero-order valence-corrected chi connectivity index (χ0v) is 7.93. The quantitative estimate of drug-likeness (QED) is 0.642. The summed E-state index contributed by atoms with van der Waals surface area (Å²) in [4.78, 5) is 15.6. The van der Waals surface area contributed by atoms with E-state index in [0.717, 1.165) is 0 Å². The molecule has 0 spiro atoms. The highest BCUT2D eigenvalue weighted by molar-refractivity contribution is 5.87. The SMILES string of the molecule is C[C@H]1Oc2cccnc2CC(=O)[C@H]1N. The average Bonchev–Trinajstić information content (AvgIpc) is 2.28. The van der Waals surface area contributed by atoms with Crippen LogP contribution in [0.4, 0.5) is 0 Å². The van der Waals surface area contributed by atoms with Gasteiger partial charge in [-0.15, -0.1) is 0 Å². The van der Waals surface area contributed by atoms with Crippen LogP contribution in [0.3, 0.4) is 0 Å². The van der Waals surface area contributed by atoms with E-state index >= 15 is 0 Å². The summed E-state index contributed by atoms with van der Waals surface area (Å²) in [6, 6.07) is 3.04. The Labute approximate surface area is 82.1 Å². The molecule has 0 bridgehead atoms. The first-order valence-corrected chi connectivity index (χ1v) is 4.57. The van der Waals surface area contributed by atoms with Gasteiger partial charge in [-0.05, 0) is 19.1 Å². The van der Waals surface area contributed by atoms with Gasteiger partial charge >= 0.3 is 0 Å². The van der Waals surface area contributed by atoms with Crippen molar-refractivity contribution in [2.75, 3.05) is 0 Å². The lowest BCUT2D eigenvalue weighted by Gasteiger charge is -2.16. The molecule has 1 aliphatic rings. The predicted molar refractivity (Wildman–Crippen MR) is 51.0 cm³/mol. The number of nitrogens with zero attached hydrogens (tertiary/aromatic N) is 1. The molecule has 0 aromatic carbocycles. The molecule has 74 valence electrons. The maximum Gasteiger partial charge on any atom is 0.159 e. The first-order valence-electron chi connectivity index (χ1n) is 4.57. The Morgan fingerprint density at radius 2 is 2.43 bits per heavy atom. The number of fused-ring (bicyclic) bond motifs is 1. The van der Waals surface area contributed by atoms with Crippen LogP contribution in [0.15, 0.2) is 18.3 Å². The fraction of sp³-hybridized carbons (Fsp3) is 0.400. The maximum atomic E-state index is 11.5. The van der Waals surface area contributed by atoms with E-state index in [9.17, 15) is 4.79 Å². The number of ketones is 1. The molecule has 0 fully saturated rings. The van der Waals surface area contributed by atoms with Gasteiger partial charge in [0.1, 0.15) is 17.9 Å². The molecule has 4 nitrogen and oxygen atoms in total. The molecule has 0 aliphatic carbocycles. The number of aromatic nitrogens is 1. The molecule has 2 rings (SSSR count). The Balaban J connectivity index is 2.39. The number of rotatable bonds is 0. The third-order valence-corrected chi connectivity index (χ3v) is 2.38. The van der Waals surface area contributed by atoms with Crippen molar-refractivity contribution >= 4 is 5.78 Å². The minimum atomic E-state index is -0.552. The van der Waals surface area contributed by atoms with Crippen molar-refractivity contribution < 1.29 is 9.53 Å². The highest BCUT2D eigenvalue weighted by Gasteiger charge is 2.28. The molecule has 2 atom stereocenters. The lowest BCUT2D eigenvalue weighted by molar-refractivity contribution is -0.120. The average molecular weight is 192 g/mol. The monoisotopic (exact) mass is 192 g/mol. The molecule has 0 saturated carbocycles. The van der Waals surface area contributed by atoms with Crippen LogP contribution in [0, 0.1) is 0 Å². The molecule has 14 heavy (non-hydrogen) atoms. The van der Waals surface area contributed by atoms with E-state index < -0.39 is 6.04 Å². The molecular weight excluding hydrogens is 180 g/mol. The zero-order chi connectivity index (χ0) is 10.1. The minimum absolute atomic E-state index is 0.0186. The van der Waals surface area contributed by atoms with Gasteiger partial charge in [0, 0.05) is 6.20 Å². The highest BCUT2D eigenvalue weighted by Crippen LogP contribution is 2.22. The Kier molecular flexibility index (Phi) is 2.21. The van der Waals surface area contributed by atoms with Crippen LogP contribution in [-0.4, -0.2) is 22.9 Å². The number of nitrogens with two attached hydrogens (primary N) is 1. The normalized spacial score (nSPS) is 26.3. The molecular formula is C10H12N2O2. The van der Waals surface area contributed by atoms with Crippen LogP contribution in [0.1, 0.15) is 12.6 Å². The summed E-state index contributed by atoms with van der Waals surface area (Å²) in [5.74, 6) is 0.649. The van der Waals surface area contributed by atoms with E-state index in [2.05, 4.69) is 4.98 Å². The molecule has 1 aliphatic heterocycles.